The molecule has 0 unspecified atom stereocenters. The Kier molecular flexibility index (Phi) is 4.12. The topological polar surface area (TPSA) is 41.5 Å². The van der Waals surface area contributed by atoms with Gasteiger partial charge in [-0.15, -0.1) is 0 Å². The predicted molar refractivity (Wildman–Crippen MR) is 73.4 cm³/mol. The zero-order chi connectivity index (χ0) is 13.8. The first-order valence-corrected chi connectivity index (χ1v) is 6.02. The highest BCUT2D eigenvalue weighted by atomic mass is 35.5. The van der Waals surface area contributed by atoms with Gasteiger partial charge in [0.05, 0.1) is 17.8 Å². The Morgan fingerprint density at radius 1 is 1.26 bits per heavy atom. The first-order chi connectivity index (χ1) is 9.08. The molecule has 2 N–H and O–H groups in total. The fourth-order valence-electron chi connectivity index (χ4n) is 1.70. The van der Waals surface area contributed by atoms with Crippen molar-refractivity contribution in [1.82, 2.24) is 0 Å². The van der Waals surface area contributed by atoms with Crippen molar-refractivity contribution in [3.63, 3.8) is 0 Å². The third-order valence-corrected chi connectivity index (χ3v) is 2.93. The van der Waals surface area contributed by atoms with Gasteiger partial charge in [0.25, 0.3) is 0 Å². The van der Waals surface area contributed by atoms with Gasteiger partial charge in [0, 0.05) is 18.7 Å². The van der Waals surface area contributed by atoms with E-state index in [0.717, 1.165) is 6.07 Å². The summed E-state index contributed by atoms with van der Waals surface area (Å²) < 4.78 is 18.2. The van der Waals surface area contributed by atoms with Gasteiger partial charge in [0.1, 0.15) is 17.3 Å². The van der Waals surface area contributed by atoms with Crippen molar-refractivity contribution in [2.75, 3.05) is 12.4 Å². The molecule has 0 saturated heterocycles. The molecule has 0 aromatic heterocycles. The number of phenolic OH excluding ortho intramolecular Hbond substituents is 1. The summed E-state index contributed by atoms with van der Waals surface area (Å²) in [7, 11) is 1.57. The van der Waals surface area contributed by atoms with Crippen LogP contribution in [0.1, 0.15) is 5.56 Å². The second-order valence-corrected chi connectivity index (χ2v) is 4.42. The van der Waals surface area contributed by atoms with Crippen LogP contribution in [-0.2, 0) is 6.54 Å². The van der Waals surface area contributed by atoms with E-state index in [-0.39, 0.29) is 5.75 Å². The second-order valence-electron chi connectivity index (χ2n) is 4.02. The SMILES string of the molecule is COc1ccc(Cl)c(NCc2cc(O)cc(F)c2)c1. The standard InChI is InChI=1S/C14H13ClFNO2/c1-19-12-2-3-13(15)14(7-12)17-8-9-4-10(16)6-11(18)5-9/h2-7,17-18H,8H2,1H3. The van der Waals surface area contributed by atoms with E-state index in [0.29, 0.717) is 28.6 Å². The number of methoxy groups -OCH3 is 1. The van der Waals surface area contributed by atoms with Crippen LogP contribution in [0.3, 0.4) is 0 Å². The first kappa shape index (κ1) is 13.5. The zero-order valence-corrected chi connectivity index (χ0v) is 11.0. The summed E-state index contributed by atoms with van der Waals surface area (Å²) in [5, 5.41) is 12.9. The van der Waals surface area contributed by atoms with Gasteiger partial charge < -0.3 is 15.2 Å². The van der Waals surface area contributed by atoms with Crippen molar-refractivity contribution < 1.29 is 14.2 Å². The lowest BCUT2D eigenvalue weighted by Gasteiger charge is -2.10. The van der Waals surface area contributed by atoms with Crippen LogP contribution in [-0.4, -0.2) is 12.2 Å². The number of hydrogen-bond donors (Lipinski definition) is 2. The van der Waals surface area contributed by atoms with Crippen LogP contribution in [0.25, 0.3) is 0 Å². The van der Waals surface area contributed by atoms with Crippen molar-refractivity contribution in [2.24, 2.45) is 0 Å². The molecule has 2 aromatic rings. The number of benzene rings is 2. The Hall–Kier alpha value is -1.94. The van der Waals surface area contributed by atoms with E-state index in [1.54, 1.807) is 25.3 Å². The maximum Gasteiger partial charge on any atom is 0.127 e. The van der Waals surface area contributed by atoms with Gasteiger partial charge >= 0.3 is 0 Å². The predicted octanol–water partition coefficient (Wildman–Crippen LogP) is 3.81. The van der Waals surface area contributed by atoms with E-state index < -0.39 is 5.82 Å². The summed E-state index contributed by atoms with van der Waals surface area (Å²) in [6.45, 7) is 0.345. The fraction of sp³-hybridized carbons (Fsp3) is 0.143. The summed E-state index contributed by atoms with van der Waals surface area (Å²) in [4.78, 5) is 0. The highest BCUT2D eigenvalue weighted by molar-refractivity contribution is 6.33. The van der Waals surface area contributed by atoms with Crippen LogP contribution in [0.2, 0.25) is 5.02 Å². The molecule has 0 aliphatic carbocycles. The van der Waals surface area contributed by atoms with Gasteiger partial charge in [0.15, 0.2) is 0 Å². The van der Waals surface area contributed by atoms with E-state index in [4.69, 9.17) is 16.3 Å². The molecule has 5 heteroatoms. The molecule has 0 amide bonds. The van der Waals surface area contributed by atoms with E-state index in [1.165, 1.54) is 12.1 Å². The molecule has 0 aliphatic rings. The lowest BCUT2D eigenvalue weighted by atomic mass is 10.2. The Morgan fingerprint density at radius 2 is 2.05 bits per heavy atom. The van der Waals surface area contributed by atoms with Crippen molar-refractivity contribution in [2.45, 2.75) is 6.54 Å². The minimum atomic E-state index is -0.478. The number of phenols is 1. The molecule has 0 aliphatic heterocycles. The maximum absolute atomic E-state index is 13.1. The summed E-state index contributed by atoms with van der Waals surface area (Å²) >= 11 is 6.04. The third-order valence-electron chi connectivity index (χ3n) is 2.60. The number of halogens is 2. The Balaban J connectivity index is 2.13. The number of aromatic hydroxyl groups is 1. The smallest absolute Gasteiger partial charge is 0.127 e. The van der Waals surface area contributed by atoms with Gasteiger partial charge in [-0.05, 0) is 29.8 Å². The van der Waals surface area contributed by atoms with Gasteiger partial charge in [0.2, 0.25) is 0 Å². The molecule has 3 nitrogen and oxygen atoms in total. The molecule has 0 spiro atoms. The number of anilines is 1. The molecule has 0 heterocycles. The van der Waals surface area contributed by atoms with E-state index in [1.807, 2.05) is 0 Å². The average molecular weight is 282 g/mol. The fourth-order valence-corrected chi connectivity index (χ4v) is 1.88. The minimum absolute atomic E-state index is 0.103. The molecular weight excluding hydrogens is 269 g/mol. The van der Waals surface area contributed by atoms with Crippen LogP contribution in [0.5, 0.6) is 11.5 Å². The van der Waals surface area contributed by atoms with Gasteiger partial charge in [-0.1, -0.05) is 11.6 Å². The second kappa shape index (κ2) is 5.80. The summed E-state index contributed by atoms with van der Waals surface area (Å²) in [5.41, 5.74) is 1.31. The van der Waals surface area contributed by atoms with Crippen LogP contribution in [0, 0.1) is 5.82 Å². The Labute approximate surface area is 115 Å². The van der Waals surface area contributed by atoms with Gasteiger partial charge in [-0.2, -0.15) is 0 Å². The first-order valence-electron chi connectivity index (χ1n) is 5.64. The minimum Gasteiger partial charge on any atom is -0.508 e. The molecule has 0 atom stereocenters. The molecule has 0 bridgehead atoms. The largest absolute Gasteiger partial charge is 0.508 e. The van der Waals surface area contributed by atoms with Crippen molar-refractivity contribution in [3.8, 4) is 11.5 Å². The van der Waals surface area contributed by atoms with Crippen LogP contribution in [0.15, 0.2) is 36.4 Å². The molecule has 0 radical (unpaired) electrons. The van der Waals surface area contributed by atoms with Crippen LogP contribution < -0.4 is 10.1 Å². The lowest BCUT2D eigenvalue weighted by molar-refractivity contribution is 0.415. The van der Waals surface area contributed by atoms with Gasteiger partial charge in [-0.25, -0.2) is 4.39 Å². The number of nitrogens with one attached hydrogen (secondary N) is 1. The summed E-state index contributed by atoms with van der Waals surface area (Å²) in [6.07, 6.45) is 0. The quantitative estimate of drug-likeness (QED) is 0.895. The van der Waals surface area contributed by atoms with Crippen LogP contribution in [0.4, 0.5) is 10.1 Å². The van der Waals surface area contributed by atoms with E-state index in [9.17, 15) is 9.50 Å². The molecule has 0 fully saturated rings. The molecule has 19 heavy (non-hydrogen) atoms. The van der Waals surface area contributed by atoms with E-state index >= 15 is 0 Å². The van der Waals surface area contributed by atoms with Crippen molar-refractivity contribution in [1.29, 1.82) is 0 Å². The monoisotopic (exact) mass is 281 g/mol. The number of hydrogen-bond acceptors (Lipinski definition) is 3. The summed E-state index contributed by atoms with van der Waals surface area (Å²) in [5.74, 6) is 0.0936. The summed E-state index contributed by atoms with van der Waals surface area (Å²) in [6, 6.07) is 9.11. The maximum atomic E-state index is 13.1. The average Bonchev–Trinajstić information content (AvgIpc) is 2.37. The molecule has 100 valence electrons. The van der Waals surface area contributed by atoms with Crippen molar-refractivity contribution >= 4 is 17.3 Å². The van der Waals surface area contributed by atoms with Crippen LogP contribution >= 0.6 is 11.6 Å². The van der Waals surface area contributed by atoms with Gasteiger partial charge in [-0.3, -0.25) is 0 Å². The lowest BCUT2D eigenvalue weighted by Crippen LogP contribution is -2.00. The zero-order valence-electron chi connectivity index (χ0n) is 10.3. The third kappa shape index (κ3) is 3.51. The molecule has 2 rings (SSSR count). The highest BCUT2D eigenvalue weighted by Gasteiger charge is 2.04. The normalized spacial score (nSPS) is 10.3. The molecular formula is C14H13ClFNO2. The molecule has 0 saturated carbocycles. The molecule has 2 aromatic carbocycles. The number of rotatable bonds is 4. The Bertz CT molecular complexity index is 569. The Morgan fingerprint density at radius 3 is 2.74 bits per heavy atom. The number of ether oxygens (including phenoxy) is 1. The highest BCUT2D eigenvalue weighted by Crippen LogP contribution is 2.27. The van der Waals surface area contributed by atoms with E-state index in [2.05, 4.69) is 5.32 Å². The van der Waals surface area contributed by atoms with Crippen molar-refractivity contribution in [3.05, 3.63) is 52.8 Å².